The van der Waals surface area contributed by atoms with E-state index in [4.69, 9.17) is 0 Å². The van der Waals surface area contributed by atoms with Crippen LogP contribution in [0.2, 0.25) is 0 Å². The molecular formula is C19H18N2OS. The Balaban J connectivity index is 2.20. The molecule has 0 spiro atoms. The molecule has 0 atom stereocenters. The standard InChI is InChI=1S/C19H18N2OS/c1-13-4-9-18(14(2)10-13)21-19(22)16(12-20)11-15-5-7-17(23-3)8-6-15/h4-11H,1-3H3,(H,21,22)/b16-11+. The number of rotatable bonds is 4. The van der Waals surface area contributed by atoms with Crippen molar-refractivity contribution in [1.82, 2.24) is 0 Å². The Bertz CT molecular complexity index is 786. The number of nitriles is 1. The number of amides is 1. The molecule has 0 aliphatic rings. The van der Waals surface area contributed by atoms with Crippen LogP contribution >= 0.6 is 11.8 Å². The van der Waals surface area contributed by atoms with E-state index in [0.717, 1.165) is 27.3 Å². The molecule has 0 heterocycles. The van der Waals surface area contributed by atoms with E-state index in [1.807, 2.05) is 68.6 Å². The predicted molar refractivity (Wildman–Crippen MR) is 96.4 cm³/mol. The van der Waals surface area contributed by atoms with E-state index in [1.54, 1.807) is 17.8 Å². The molecule has 0 bridgehead atoms. The molecule has 2 aromatic rings. The van der Waals surface area contributed by atoms with E-state index in [-0.39, 0.29) is 5.57 Å². The number of nitrogens with one attached hydrogen (secondary N) is 1. The SMILES string of the molecule is CSc1ccc(/C=C(\C#N)C(=O)Nc2ccc(C)cc2C)cc1. The molecule has 2 rings (SSSR count). The van der Waals surface area contributed by atoms with Gasteiger partial charge in [0, 0.05) is 10.6 Å². The summed E-state index contributed by atoms with van der Waals surface area (Å²) in [5, 5.41) is 12.1. The van der Waals surface area contributed by atoms with E-state index >= 15 is 0 Å². The molecule has 1 N–H and O–H groups in total. The molecule has 4 heteroatoms. The number of benzene rings is 2. The molecule has 0 unspecified atom stereocenters. The molecule has 23 heavy (non-hydrogen) atoms. The average Bonchev–Trinajstić information content (AvgIpc) is 2.55. The lowest BCUT2D eigenvalue weighted by Crippen LogP contribution is -2.14. The third-order valence-corrected chi connectivity index (χ3v) is 4.17. The van der Waals surface area contributed by atoms with Gasteiger partial charge in [-0.2, -0.15) is 5.26 Å². The minimum Gasteiger partial charge on any atom is -0.321 e. The molecule has 1 amide bonds. The van der Waals surface area contributed by atoms with Gasteiger partial charge in [0.05, 0.1) is 0 Å². The molecule has 0 aliphatic carbocycles. The van der Waals surface area contributed by atoms with Crippen molar-refractivity contribution >= 4 is 29.4 Å². The Morgan fingerprint density at radius 3 is 2.43 bits per heavy atom. The van der Waals surface area contributed by atoms with Crippen molar-refractivity contribution in [3.8, 4) is 6.07 Å². The number of carbonyl (C=O) groups is 1. The monoisotopic (exact) mass is 322 g/mol. The van der Waals surface area contributed by atoms with Crippen LogP contribution in [0.4, 0.5) is 5.69 Å². The van der Waals surface area contributed by atoms with Gasteiger partial charge in [-0.05, 0) is 55.5 Å². The summed E-state index contributed by atoms with van der Waals surface area (Å²) in [4.78, 5) is 13.4. The Morgan fingerprint density at radius 1 is 1.17 bits per heavy atom. The molecule has 2 aromatic carbocycles. The summed E-state index contributed by atoms with van der Waals surface area (Å²) in [6.45, 7) is 3.93. The molecule has 0 radical (unpaired) electrons. The zero-order valence-electron chi connectivity index (χ0n) is 13.4. The highest BCUT2D eigenvalue weighted by Crippen LogP contribution is 2.19. The second kappa shape index (κ2) is 7.66. The highest BCUT2D eigenvalue weighted by atomic mass is 32.2. The summed E-state index contributed by atoms with van der Waals surface area (Å²) in [7, 11) is 0. The highest BCUT2D eigenvalue weighted by Gasteiger charge is 2.10. The zero-order chi connectivity index (χ0) is 16.8. The van der Waals surface area contributed by atoms with Crippen LogP contribution in [0, 0.1) is 25.2 Å². The maximum absolute atomic E-state index is 12.3. The van der Waals surface area contributed by atoms with Crippen LogP contribution < -0.4 is 5.32 Å². The van der Waals surface area contributed by atoms with Gasteiger partial charge in [-0.25, -0.2) is 0 Å². The quantitative estimate of drug-likeness (QED) is 0.509. The molecule has 3 nitrogen and oxygen atoms in total. The van der Waals surface area contributed by atoms with Crippen LogP contribution in [0.1, 0.15) is 16.7 Å². The summed E-state index contributed by atoms with van der Waals surface area (Å²) in [5.74, 6) is -0.395. The normalized spacial score (nSPS) is 11.0. The number of carbonyl (C=O) groups excluding carboxylic acids is 1. The molecular weight excluding hydrogens is 304 g/mol. The molecule has 0 fully saturated rings. The fourth-order valence-electron chi connectivity index (χ4n) is 2.16. The number of thioether (sulfide) groups is 1. The van der Waals surface area contributed by atoms with Gasteiger partial charge in [-0.3, -0.25) is 4.79 Å². The van der Waals surface area contributed by atoms with Crippen molar-refractivity contribution in [1.29, 1.82) is 5.26 Å². The molecule has 0 aliphatic heterocycles. The van der Waals surface area contributed by atoms with Gasteiger partial charge in [0.1, 0.15) is 11.6 Å². The van der Waals surface area contributed by atoms with E-state index in [2.05, 4.69) is 5.32 Å². The summed E-state index contributed by atoms with van der Waals surface area (Å²) in [5.41, 5.74) is 3.74. The first-order chi connectivity index (χ1) is 11.0. The van der Waals surface area contributed by atoms with E-state index < -0.39 is 5.91 Å². The highest BCUT2D eigenvalue weighted by molar-refractivity contribution is 7.98. The van der Waals surface area contributed by atoms with Crippen molar-refractivity contribution in [3.63, 3.8) is 0 Å². The second-order valence-electron chi connectivity index (χ2n) is 5.22. The lowest BCUT2D eigenvalue weighted by molar-refractivity contribution is -0.112. The van der Waals surface area contributed by atoms with Crippen molar-refractivity contribution in [2.45, 2.75) is 18.7 Å². The number of anilines is 1. The fraction of sp³-hybridized carbons (Fsp3) is 0.158. The van der Waals surface area contributed by atoms with E-state index in [1.165, 1.54) is 0 Å². The second-order valence-corrected chi connectivity index (χ2v) is 6.10. The molecule has 0 saturated heterocycles. The van der Waals surface area contributed by atoms with E-state index in [0.29, 0.717) is 0 Å². The summed E-state index contributed by atoms with van der Waals surface area (Å²) in [6, 6.07) is 15.5. The van der Waals surface area contributed by atoms with Crippen molar-refractivity contribution < 1.29 is 4.79 Å². The molecule has 0 aromatic heterocycles. The maximum Gasteiger partial charge on any atom is 0.266 e. The first-order valence-corrected chi connectivity index (χ1v) is 8.40. The van der Waals surface area contributed by atoms with Crippen LogP contribution in [0.5, 0.6) is 0 Å². The first-order valence-electron chi connectivity index (χ1n) is 7.18. The van der Waals surface area contributed by atoms with Crippen LogP contribution in [0.25, 0.3) is 6.08 Å². The fourth-order valence-corrected chi connectivity index (χ4v) is 2.57. The number of hydrogen-bond acceptors (Lipinski definition) is 3. The Morgan fingerprint density at radius 2 is 1.87 bits per heavy atom. The predicted octanol–water partition coefficient (Wildman–Crippen LogP) is 4.57. The van der Waals surface area contributed by atoms with Gasteiger partial charge in [0.25, 0.3) is 5.91 Å². The third-order valence-electron chi connectivity index (χ3n) is 3.42. The van der Waals surface area contributed by atoms with Crippen molar-refractivity contribution in [2.24, 2.45) is 0 Å². The third kappa shape index (κ3) is 4.48. The van der Waals surface area contributed by atoms with Crippen LogP contribution in [0.3, 0.4) is 0 Å². The van der Waals surface area contributed by atoms with Crippen molar-refractivity contribution in [2.75, 3.05) is 11.6 Å². The Hall–Kier alpha value is -2.51. The van der Waals surface area contributed by atoms with Crippen molar-refractivity contribution in [3.05, 3.63) is 64.7 Å². The van der Waals surface area contributed by atoms with E-state index in [9.17, 15) is 10.1 Å². The average molecular weight is 322 g/mol. The molecule has 0 saturated carbocycles. The summed E-state index contributed by atoms with van der Waals surface area (Å²) >= 11 is 1.65. The smallest absolute Gasteiger partial charge is 0.266 e. The van der Waals surface area contributed by atoms with Gasteiger partial charge >= 0.3 is 0 Å². The van der Waals surface area contributed by atoms with Gasteiger partial charge in [-0.1, -0.05) is 29.8 Å². The van der Waals surface area contributed by atoms with Gasteiger partial charge < -0.3 is 5.32 Å². The lowest BCUT2D eigenvalue weighted by Gasteiger charge is -2.08. The lowest BCUT2D eigenvalue weighted by atomic mass is 10.1. The summed E-state index contributed by atoms with van der Waals surface area (Å²) in [6.07, 6.45) is 3.60. The number of nitrogens with zero attached hydrogens (tertiary/aromatic N) is 1. The minimum atomic E-state index is -0.395. The van der Waals surface area contributed by atoms with Gasteiger partial charge in [-0.15, -0.1) is 11.8 Å². The van der Waals surface area contributed by atoms with Crippen LogP contribution in [-0.4, -0.2) is 12.2 Å². The van der Waals surface area contributed by atoms with Gasteiger partial charge in [0.2, 0.25) is 0 Å². The Kier molecular flexibility index (Phi) is 5.61. The topological polar surface area (TPSA) is 52.9 Å². The molecule has 116 valence electrons. The Labute approximate surface area is 141 Å². The number of hydrogen-bond donors (Lipinski definition) is 1. The van der Waals surface area contributed by atoms with Crippen LogP contribution in [-0.2, 0) is 4.79 Å². The largest absolute Gasteiger partial charge is 0.321 e. The first kappa shape index (κ1) is 16.9. The van der Waals surface area contributed by atoms with Gasteiger partial charge in [0.15, 0.2) is 0 Å². The zero-order valence-corrected chi connectivity index (χ0v) is 14.2. The maximum atomic E-state index is 12.3. The number of aryl methyl sites for hydroxylation is 2. The summed E-state index contributed by atoms with van der Waals surface area (Å²) < 4.78 is 0. The minimum absolute atomic E-state index is 0.0851. The van der Waals surface area contributed by atoms with Crippen LogP contribution in [0.15, 0.2) is 52.9 Å².